The first-order valence-corrected chi connectivity index (χ1v) is 10.5. The van der Waals surface area contributed by atoms with Crippen LogP contribution in [-0.4, -0.2) is 20.0 Å². The van der Waals surface area contributed by atoms with Gasteiger partial charge in [0.25, 0.3) is 5.82 Å². The Morgan fingerprint density at radius 2 is 1.84 bits per heavy atom. The molecule has 162 valence electrons. The average Bonchev–Trinajstić information content (AvgIpc) is 3.24. The van der Waals surface area contributed by atoms with Gasteiger partial charge in [0.05, 0.1) is 19.8 Å². The molecule has 0 fully saturated rings. The number of hydrogen-bond donors (Lipinski definition) is 1. The minimum absolute atomic E-state index is 0.0182. The summed E-state index contributed by atoms with van der Waals surface area (Å²) in [5, 5.41) is 9.95. The summed E-state index contributed by atoms with van der Waals surface area (Å²) in [4.78, 5) is 0. The van der Waals surface area contributed by atoms with E-state index in [1.54, 1.807) is 7.11 Å². The van der Waals surface area contributed by atoms with Gasteiger partial charge in [-0.25, -0.2) is 4.57 Å². The maximum atomic E-state index is 9.95. The normalized spacial score (nSPS) is 13.3. The van der Waals surface area contributed by atoms with Gasteiger partial charge in [-0.3, -0.25) is 5.73 Å². The van der Waals surface area contributed by atoms with Crippen LogP contribution in [0.4, 0.5) is 5.82 Å². The lowest BCUT2D eigenvalue weighted by molar-refractivity contribution is -0.673. The molecule has 7 heteroatoms. The molecule has 32 heavy (non-hydrogen) atoms. The number of rotatable bonds is 4. The summed E-state index contributed by atoms with van der Waals surface area (Å²) in [5.41, 5.74) is 11.7. The Hall–Kier alpha value is -3.92. The number of pyridine rings is 1. The van der Waals surface area contributed by atoms with Gasteiger partial charge >= 0.3 is 0 Å². The number of fused-ring (bicyclic) bond motifs is 4. The predicted octanol–water partition coefficient (Wildman–Crippen LogP) is 3.84. The molecule has 0 unspecified atom stereocenters. The molecule has 0 aliphatic carbocycles. The Morgan fingerprint density at radius 1 is 1.06 bits per heavy atom. The fraction of sp³-hybridized carbons (Fsp3) is 0.280. The van der Waals surface area contributed by atoms with Crippen molar-refractivity contribution >= 4 is 5.82 Å². The third-order valence-electron chi connectivity index (χ3n) is 5.82. The Bertz CT molecular complexity index is 1280. The van der Waals surface area contributed by atoms with Crippen molar-refractivity contribution in [3.8, 4) is 51.5 Å². The number of aromatic nitrogens is 1. The van der Waals surface area contributed by atoms with Gasteiger partial charge in [0.1, 0.15) is 17.3 Å². The van der Waals surface area contributed by atoms with Gasteiger partial charge in [0, 0.05) is 17.5 Å². The summed E-state index contributed by atoms with van der Waals surface area (Å²) < 4.78 is 24.5. The molecule has 2 aliphatic heterocycles. The van der Waals surface area contributed by atoms with E-state index >= 15 is 0 Å². The number of anilines is 1. The molecular formula is C25H24N3O4+. The van der Waals surface area contributed by atoms with Crippen LogP contribution in [0.15, 0.2) is 36.4 Å². The number of nitrogens with two attached hydrogens (primary N) is 1. The fourth-order valence-electron chi connectivity index (χ4n) is 4.35. The zero-order valence-electron chi connectivity index (χ0n) is 18.3. The minimum Gasteiger partial charge on any atom is -0.493 e. The summed E-state index contributed by atoms with van der Waals surface area (Å²) in [7, 11) is 1.60. The first-order valence-electron chi connectivity index (χ1n) is 10.5. The summed E-state index contributed by atoms with van der Waals surface area (Å²) >= 11 is 0. The standard InChI is InChI=1S/C25H23N3O4/c1-14(2)32-21-5-4-15(8-22(21)29-3)17-10-20-18-11-24-23(30-13-31-24)9-16(18)6-7-28(20)25(27)19(17)12-26/h4-5,8-11,14,27H,6-7,13H2,1-3H3/p+1. The van der Waals surface area contributed by atoms with Crippen molar-refractivity contribution in [2.45, 2.75) is 32.9 Å². The molecule has 0 bridgehead atoms. The molecule has 0 saturated heterocycles. The molecule has 0 saturated carbocycles. The third-order valence-corrected chi connectivity index (χ3v) is 5.82. The van der Waals surface area contributed by atoms with Crippen LogP contribution in [-0.2, 0) is 13.0 Å². The monoisotopic (exact) mass is 430 g/mol. The van der Waals surface area contributed by atoms with E-state index in [4.69, 9.17) is 24.7 Å². The number of methoxy groups -OCH3 is 1. The summed E-state index contributed by atoms with van der Waals surface area (Å²) in [6, 6.07) is 14.0. The Kier molecular flexibility index (Phi) is 4.78. The smallest absolute Gasteiger partial charge is 0.291 e. The first-order chi connectivity index (χ1) is 15.5. The molecule has 1 aromatic heterocycles. The van der Waals surface area contributed by atoms with Crippen LogP contribution >= 0.6 is 0 Å². The van der Waals surface area contributed by atoms with Crippen LogP contribution in [0.25, 0.3) is 22.4 Å². The fourth-order valence-corrected chi connectivity index (χ4v) is 4.35. The van der Waals surface area contributed by atoms with Gasteiger partial charge in [-0.2, -0.15) is 5.26 Å². The largest absolute Gasteiger partial charge is 0.493 e. The molecule has 0 amide bonds. The van der Waals surface area contributed by atoms with Crippen molar-refractivity contribution in [2.24, 2.45) is 0 Å². The van der Waals surface area contributed by atoms with E-state index in [2.05, 4.69) is 6.07 Å². The lowest BCUT2D eigenvalue weighted by Gasteiger charge is -2.21. The number of nitrogens with zero attached hydrogens (tertiary/aromatic N) is 2. The average molecular weight is 430 g/mol. The molecule has 5 rings (SSSR count). The van der Waals surface area contributed by atoms with Crippen LogP contribution in [0.3, 0.4) is 0 Å². The second kappa shape index (κ2) is 7.65. The van der Waals surface area contributed by atoms with Crippen molar-refractivity contribution < 1.29 is 23.5 Å². The van der Waals surface area contributed by atoms with Crippen molar-refractivity contribution in [2.75, 3.05) is 19.6 Å². The molecular weight excluding hydrogens is 406 g/mol. The van der Waals surface area contributed by atoms with Gasteiger partial charge in [-0.05, 0) is 55.3 Å². The Morgan fingerprint density at radius 3 is 2.56 bits per heavy atom. The van der Waals surface area contributed by atoms with Crippen molar-refractivity contribution in [1.29, 1.82) is 5.26 Å². The molecule has 7 nitrogen and oxygen atoms in total. The van der Waals surface area contributed by atoms with Crippen LogP contribution < -0.4 is 29.2 Å². The van der Waals surface area contributed by atoms with E-state index in [9.17, 15) is 5.26 Å². The van der Waals surface area contributed by atoms with Crippen molar-refractivity contribution in [3.63, 3.8) is 0 Å². The zero-order valence-corrected chi connectivity index (χ0v) is 18.3. The van der Waals surface area contributed by atoms with E-state index < -0.39 is 0 Å². The maximum absolute atomic E-state index is 9.95. The number of nitrogen functional groups attached to an aromatic ring is 1. The molecule has 0 atom stereocenters. The first kappa shape index (κ1) is 20.0. The zero-order chi connectivity index (χ0) is 22.4. The Labute approximate surface area is 186 Å². The van der Waals surface area contributed by atoms with E-state index in [0.29, 0.717) is 29.4 Å². The topological polar surface area (TPSA) is 90.6 Å². The number of ether oxygens (including phenoxy) is 4. The SMILES string of the molecule is COc1cc(-c2cc3[n+](c(N)c2C#N)CCc2cc4c(cc2-3)OCO4)ccc1OC(C)C. The highest BCUT2D eigenvalue weighted by Crippen LogP contribution is 2.42. The minimum atomic E-state index is 0.0182. The lowest BCUT2D eigenvalue weighted by Crippen LogP contribution is -2.43. The summed E-state index contributed by atoms with van der Waals surface area (Å²) in [6.07, 6.45) is 0.817. The highest BCUT2D eigenvalue weighted by Gasteiger charge is 2.30. The number of hydrogen-bond acceptors (Lipinski definition) is 6. The molecule has 2 aliphatic rings. The van der Waals surface area contributed by atoms with E-state index in [0.717, 1.165) is 40.3 Å². The van der Waals surface area contributed by atoms with Crippen LogP contribution in [0, 0.1) is 11.3 Å². The quantitative estimate of drug-likeness (QED) is 0.633. The van der Waals surface area contributed by atoms with Crippen LogP contribution in [0.1, 0.15) is 25.0 Å². The highest BCUT2D eigenvalue weighted by atomic mass is 16.7. The maximum Gasteiger partial charge on any atom is 0.291 e. The van der Waals surface area contributed by atoms with Crippen LogP contribution in [0.2, 0.25) is 0 Å². The Balaban J connectivity index is 1.69. The summed E-state index contributed by atoms with van der Waals surface area (Å²) in [6.45, 7) is 4.84. The molecule has 0 spiro atoms. The van der Waals surface area contributed by atoms with E-state index in [-0.39, 0.29) is 12.9 Å². The van der Waals surface area contributed by atoms with Gasteiger partial charge < -0.3 is 18.9 Å². The van der Waals surface area contributed by atoms with Crippen LogP contribution in [0.5, 0.6) is 23.0 Å². The number of aryl methyl sites for hydroxylation is 1. The second-order valence-corrected chi connectivity index (χ2v) is 8.11. The van der Waals surface area contributed by atoms with Gasteiger partial charge in [-0.15, -0.1) is 0 Å². The van der Waals surface area contributed by atoms with E-state index in [1.165, 1.54) is 5.56 Å². The third kappa shape index (κ3) is 3.16. The molecule has 2 aromatic carbocycles. The molecule has 0 radical (unpaired) electrons. The number of benzene rings is 2. The lowest BCUT2D eigenvalue weighted by atomic mass is 9.92. The highest BCUT2D eigenvalue weighted by molar-refractivity contribution is 5.80. The number of nitriles is 1. The van der Waals surface area contributed by atoms with E-state index in [1.807, 2.05) is 54.8 Å². The predicted molar refractivity (Wildman–Crippen MR) is 119 cm³/mol. The van der Waals surface area contributed by atoms with Crippen molar-refractivity contribution in [3.05, 3.63) is 47.5 Å². The van der Waals surface area contributed by atoms with Gasteiger partial charge in [0.15, 0.2) is 23.0 Å². The molecule has 2 N–H and O–H groups in total. The van der Waals surface area contributed by atoms with Crippen molar-refractivity contribution in [1.82, 2.24) is 0 Å². The second-order valence-electron chi connectivity index (χ2n) is 8.11. The van der Waals surface area contributed by atoms with Gasteiger partial charge in [-0.1, -0.05) is 6.07 Å². The summed E-state index contributed by atoms with van der Waals surface area (Å²) in [5.74, 6) is 3.20. The van der Waals surface area contributed by atoms with Gasteiger partial charge in [0.2, 0.25) is 6.79 Å². The molecule has 3 heterocycles. The molecule has 3 aromatic rings.